The average molecular weight is 432 g/mol. The van der Waals surface area contributed by atoms with Gasteiger partial charge in [0.15, 0.2) is 6.73 Å². The first-order valence-electron chi connectivity index (χ1n) is 9.15. The van der Waals surface area contributed by atoms with E-state index < -0.39 is 5.97 Å². The molecule has 1 aromatic carbocycles. The number of carbonyl (C=O) groups is 2. The zero-order chi connectivity index (χ0) is 22.0. The Bertz CT molecular complexity index is 1100. The summed E-state index contributed by atoms with van der Waals surface area (Å²) in [6.45, 7) is 7.50. The Labute approximate surface area is 178 Å². The fraction of sp³-hybridized carbons (Fsp3) is 0.300. The number of hydrogen-bond donors (Lipinski definition) is 2. The molecule has 1 amide bonds. The van der Waals surface area contributed by atoms with Gasteiger partial charge in [-0.15, -0.1) is 0 Å². The van der Waals surface area contributed by atoms with Crippen LogP contribution < -0.4 is 10.1 Å². The largest absolute Gasteiger partial charge is 0.478 e. The van der Waals surface area contributed by atoms with Crippen LogP contribution in [0.2, 0.25) is 5.02 Å². The normalized spacial score (nSPS) is 10.8. The number of carboxylic acid groups (broad SMARTS) is 1. The summed E-state index contributed by atoms with van der Waals surface area (Å²) >= 11 is 6.19. The van der Waals surface area contributed by atoms with E-state index in [-0.39, 0.29) is 24.7 Å². The number of aryl methyl sites for hydroxylation is 3. The molecule has 0 unspecified atom stereocenters. The molecule has 0 radical (unpaired) electrons. The highest BCUT2D eigenvalue weighted by Gasteiger charge is 2.16. The Morgan fingerprint density at radius 2 is 1.87 bits per heavy atom. The summed E-state index contributed by atoms with van der Waals surface area (Å²) < 4.78 is 8.76. The van der Waals surface area contributed by atoms with Crippen LogP contribution in [0.15, 0.2) is 24.5 Å². The van der Waals surface area contributed by atoms with Crippen molar-refractivity contribution in [2.75, 3.05) is 5.32 Å². The zero-order valence-corrected chi connectivity index (χ0v) is 17.8. The van der Waals surface area contributed by atoms with Gasteiger partial charge in [0.1, 0.15) is 12.3 Å². The van der Waals surface area contributed by atoms with Crippen LogP contribution in [0, 0.1) is 27.7 Å². The Kier molecular flexibility index (Phi) is 6.12. The van der Waals surface area contributed by atoms with Crippen LogP contribution in [0.3, 0.4) is 0 Å². The van der Waals surface area contributed by atoms with Gasteiger partial charge in [0.05, 0.1) is 28.8 Å². The van der Waals surface area contributed by atoms with Crippen molar-refractivity contribution >= 4 is 29.2 Å². The monoisotopic (exact) mass is 431 g/mol. The number of benzene rings is 1. The molecule has 158 valence electrons. The Morgan fingerprint density at radius 3 is 2.47 bits per heavy atom. The quantitative estimate of drug-likeness (QED) is 0.593. The molecule has 0 bridgehead atoms. The number of aromatic nitrogens is 4. The van der Waals surface area contributed by atoms with E-state index in [1.165, 1.54) is 17.1 Å². The summed E-state index contributed by atoms with van der Waals surface area (Å²) in [4.78, 5) is 23.3. The van der Waals surface area contributed by atoms with Crippen LogP contribution in [0.1, 0.15) is 32.9 Å². The number of carbonyl (C=O) groups excluding carboxylic acids is 1. The number of ether oxygens (including phenoxy) is 1. The summed E-state index contributed by atoms with van der Waals surface area (Å²) in [5.74, 6) is -0.758. The van der Waals surface area contributed by atoms with Gasteiger partial charge in [0, 0.05) is 11.2 Å². The fourth-order valence-corrected chi connectivity index (χ4v) is 3.12. The summed E-state index contributed by atoms with van der Waals surface area (Å²) in [6.07, 6.45) is 2.50. The molecule has 2 aromatic heterocycles. The van der Waals surface area contributed by atoms with Gasteiger partial charge >= 0.3 is 5.97 Å². The third-order valence-electron chi connectivity index (χ3n) is 4.60. The molecule has 2 N–H and O–H groups in total. The van der Waals surface area contributed by atoms with Gasteiger partial charge < -0.3 is 15.2 Å². The first kappa shape index (κ1) is 21.4. The van der Waals surface area contributed by atoms with Gasteiger partial charge in [0.2, 0.25) is 5.91 Å². The number of nitrogens with one attached hydrogen (secondary N) is 1. The lowest BCUT2D eigenvalue weighted by atomic mass is 10.1. The van der Waals surface area contributed by atoms with Crippen LogP contribution >= 0.6 is 11.6 Å². The third kappa shape index (κ3) is 4.62. The number of nitrogens with zero attached hydrogens (tertiary/aromatic N) is 4. The molecule has 0 aliphatic carbocycles. The topological polar surface area (TPSA) is 111 Å². The van der Waals surface area contributed by atoms with Crippen molar-refractivity contribution in [2.24, 2.45) is 0 Å². The number of rotatable bonds is 7. The maximum absolute atomic E-state index is 12.4. The lowest BCUT2D eigenvalue weighted by Gasteiger charge is -2.11. The van der Waals surface area contributed by atoms with Crippen LogP contribution in [0.25, 0.3) is 0 Å². The highest BCUT2D eigenvalue weighted by Crippen LogP contribution is 2.26. The molecule has 30 heavy (non-hydrogen) atoms. The molecule has 3 rings (SSSR count). The van der Waals surface area contributed by atoms with Gasteiger partial charge in [-0.05, 0) is 51.0 Å². The summed E-state index contributed by atoms with van der Waals surface area (Å²) in [7, 11) is 0. The molecule has 0 atom stereocenters. The van der Waals surface area contributed by atoms with E-state index >= 15 is 0 Å². The highest BCUT2D eigenvalue weighted by molar-refractivity contribution is 6.32. The van der Waals surface area contributed by atoms with E-state index in [1.54, 1.807) is 11.6 Å². The Hall–Kier alpha value is -3.33. The Balaban J connectivity index is 1.67. The van der Waals surface area contributed by atoms with Crippen molar-refractivity contribution in [1.82, 2.24) is 19.6 Å². The summed E-state index contributed by atoms with van der Waals surface area (Å²) in [5.41, 5.74) is 3.83. The predicted octanol–water partition coefficient (Wildman–Crippen LogP) is 3.34. The maximum Gasteiger partial charge on any atom is 0.338 e. The minimum Gasteiger partial charge on any atom is -0.478 e. The molecule has 0 aliphatic heterocycles. The van der Waals surface area contributed by atoms with E-state index in [4.69, 9.17) is 21.4 Å². The average Bonchev–Trinajstić information content (AvgIpc) is 3.24. The SMILES string of the molecule is Cc1cc(OCn2nc(C)c(NC(=O)Cn3cc(C(=O)O)cn3)c2C)cc(C)c1Cl. The fourth-order valence-electron chi connectivity index (χ4n) is 3.02. The van der Waals surface area contributed by atoms with Crippen molar-refractivity contribution < 1.29 is 19.4 Å². The molecule has 0 fully saturated rings. The molecule has 0 saturated carbocycles. The Morgan fingerprint density at radius 1 is 1.20 bits per heavy atom. The predicted molar refractivity (Wildman–Crippen MR) is 111 cm³/mol. The number of aromatic carboxylic acids is 1. The maximum atomic E-state index is 12.4. The van der Waals surface area contributed by atoms with E-state index in [0.29, 0.717) is 22.2 Å². The van der Waals surface area contributed by atoms with E-state index in [2.05, 4.69) is 15.5 Å². The first-order chi connectivity index (χ1) is 14.2. The lowest BCUT2D eigenvalue weighted by Crippen LogP contribution is -2.20. The number of anilines is 1. The van der Waals surface area contributed by atoms with Crippen molar-refractivity contribution in [2.45, 2.75) is 41.0 Å². The zero-order valence-electron chi connectivity index (χ0n) is 17.1. The second-order valence-electron chi connectivity index (χ2n) is 6.97. The van der Waals surface area contributed by atoms with Crippen molar-refractivity contribution in [1.29, 1.82) is 0 Å². The molecule has 3 aromatic rings. The van der Waals surface area contributed by atoms with Gasteiger partial charge in [-0.1, -0.05) is 11.6 Å². The van der Waals surface area contributed by atoms with Crippen LogP contribution in [0.4, 0.5) is 5.69 Å². The van der Waals surface area contributed by atoms with E-state index in [0.717, 1.165) is 16.8 Å². The lowest BCUT2D eigenvalue weighted by molar-refractivity contribution is -0.116. The second kappa shape index (κ2) is 8.58. The highest BCUT2D eigenvalue weighted by atomic mass is 35.5. The molecule has 10 heteroatoms. The number of carboxylic acids is 1. The van der Waals surface area contributed by atoms with E-state index in [9.17, 15) is 9.59 Å². The van der Waals surface area contributed by atoms with Gasteiger partial charge in [-0.3, -0.25) is 9.48 Å². The van der Waals surface area contributed by atoms with Crippen molar-refractivity contribution in [3.05, 3.63) is 57.6 Å². The minimum absolute atomic E-state index is 0.0211. The molecule has 0 spiro atoms. The minimum atomic E-state index is -1.10. The number of halogens is 1. The number of hydrogen-bond acceptors (Lipinski definition) is 5. The van der Waals surface area contributed by atoms with E-state index in [1.807, 2.05) is 32.9 Å². The molecule has 9 nitrogen and oxygen atoms in total. The first-order valence-corrected chi connectivity index (χ1v) is 9.52. The molecule has 2 heterocycles. The second-order valence-corrected chi connectivity index (χ2v) is 7.35. The molecular weight excluding hydrogens is 410 g/mol. The number of amides is 1. The summed E-state index contributed by atoms with van der Waals surface area (Å²) in [5, 5.41) is 20.8. The van der Waals surface area contributed by atoms with Gasteiger partial charge in [-0.25, -0.2) is 9.48 Å². The standard InChI is InChI=1S/C20H22ClN5O4/c1-11-5-16(6-12(2)18(11)21)30-10-26-14(4)19(13(3)24-26)23-17(27)9-25-8-15(7-22-25)20(28)29/h5-8H,9-10H2,1-4H3,(H,23,27)(H,28,29). The van der Waals surface area contributed by atoms with Crippen molar-refractivity contribution in [3.63, 3.8) is 0 Å². The van der Waals surface area contributed by atoms with Gasteiger partial charge in [-0.2, -0.15) is 10.2 Å². The smallest absolute Gasteiger partial charge is 0.338 e. The van der Waals surface area contributed by atoms with Crippen LogP contribution in [0.5, 0.6) is 5.75 Å². The van der Waals surface area contributed by atoms with Gasteiger partial charge in [0.25, 0.3) is 0 Å². The summed E-state index contributed by atoms with van der Waals surface area (Å²) in [6, 6.07) is 3.72. The van der Waals surface area contributed by atoms with Crippen molar-refractivity contribution in [3.8, 4) is 5.75 Å². The van der Waals surface area contributed by atoms with Crippen LogP contribution in [-0.2, 0) is 18.1 Å². The molecule has 0 saturated heterocycles. The molecule has 0 aliphatic rings. The van der Waals surface area contributed by atoms with Crippen LogP contribution in [-0.4, -0.2) is 36.5 Å². The third-order valence-corrected chi connectivity index (χ3v) is 5.19. The molecular formula is C20H22ClN5O4.